The van der Waals surface area contributed by atoms with Crippen molar-refractivity contribution in [3.05, 3.63) is 11.7 Å². The summed E-state index contributed by atoms with van der Waals surface area (Å²) in [5.74, 6) is -9.44. The zero-order chi connectivity index (χ0) is 63.1. The number of methoxy groups -OCH3 is 7. The summed E-state index contributed by atoms with van der Waals surface area (Å²) in [6.07, 6.45) is -0.639. The van der Waals surface area contributed by atoms with Crippen molar-refractivity contribution in [3.8, 4) is 0 Å². The standard InChI is InChI=1S/C11H18F2O4.C11H24O3Si.C10H16F2O4.C6H15ClSi.C6H8F2O.C5H10O3.C5H10O.CH4.Li.2H2O/c1-9(17-3,8(14)16-2)10(15)4-6-11(12,13)7-5-10;1-9(12-5)10(13-6)14-15(7,8)11(2,3)4;1-8(16-2,7(13)14)9(15)3-5-10(11,12)6-4-9;1-6(2,3)8(4,5)7;7-6(8)3-1-5(9)2-4-6;1-4(7-2)5(6)8-3;1-5-3-2-4-6-5;;;;/h15H,4-7H2,1-3H3;1-8H3;15H,3-6H2,1-2H3,(H,13,14);1-5H3;1-4H2;4H,1-3H3;5H,2-4H2,1H3;1H4;;2*1H2/q;;;;;;;;+1;;/p-1. The van der Waals surface area contributed by atoms with Gasteiger partial charge < -0.3 is 68.6 Å². The number of ether oxygens (including phenoxy) is 8. The van der Waals surface area contributed by atoms with Crippen LogP contribution < -0.4 is 18.9 Å². The van der Waals surface area contributed by atoms with Gasteiger partial charge in [-0.1, -0.05) is 62.1 Å². The van der Waals surface area contributed by atoms with Crippen LogP contribution in [0, 0.1) is 0 Å². The summed E-state index contributed by atoms with van der Waals surface area (Å²) in [6.45, 7) is 31.0. The molecule has 494 valence electrons. The van der Waals surface area contributed by atoms with Crippen molar-refractivity contribution in [1.82, 2.24) is 0 Å². The number of carboxylic acid groups (broad SMARTS) is 1. The van der Waals surface area contributed by atoms with Gasteiger partial charge >= 0.3 is 42.7 Å². The molecule has 3 aliphatic carbocycles. The van der Waals surface area contributed by atoms with Gasteiger partial charge in [-0.2, -0.15) is 11.1 Å². The monoisotopic (exact) mass is 1270 g/mol. The van der Waals surface area contributed by atoms with Crippen molar-refractivity contribution in [2.24, 2.45) is 0 Å². The normalized spacial score (nSPS) is 21.1. The molecule has 0 aromatic carbocycles. The van der Waals surface area contributed by atoms with E-state index >= 15 is 0 Å². The summed E-state index contributed by atoms with van der Waals surface area (Å²) in [5, 5.41) is 30.0. The number of hydrogen-bond acceptors (Lipinski definition) is 16. The van der Waals surface area contributed by atoms with Crippen molar-refractivity contribution in [2.75, 3.05) is 56.4 Å². The molecule has 3 saturated carbocycles. The van der Waals surface area contributed by atoms with Gasteiger partial charge in [-0.3, -0.25) is 4.79 Å². The third-order valence-electron chi connectivity index (χ3n) is 15.5. The Balaban J connectivity index is -0.000000165. The van der Waals surface area contributed by atoms with Gasteiger partial charge in [-0.25, -0.2) is 40.7 Å². The second-order valence-corrected chi connectivity index (χ2v) is 35.5. The Labute approximate surface area is 511 Å². The molecule has 0 aromatic rings. The number of carbonyl (C=O) groups is 4. The molecule has 6 N–H and O–H groups in total. The number of aliphatic carboxylic acids is 1. The van der Waals surface area contributed by atoms with Gasteiger partial charge in [0.15, 0.2) is 30.4 Å². The van der Waals surface area contributed by atoms with Crippen LogP contribution in [-0.4, -0.2) is 174 Å². The third-order valence-corrected chi connectivity index (χ3v) is 25.1. The minimum absolute atomic E-state index is 0. The van der Waals surface area contributed by atoms with E-state index in [0.29, 0.717) is 22.8 Å². The minimum Gasteiger partial charge on any atom is -0.870 e. The van der Waals surface area contributed by atoms with Crippen molar-refractivity contribution >= 4 is 50.5 Å². The van der Waals surface area contributed by atoms with E-state index in [1.54, 1.807) is 21.1 Å². The van der Waals surface area contributed by atoms with E-state index in [-0.39, 0.29) is 105 Å². The molecule has 1 saturated heterocycles. The summed E-state index contributed by atoms with van der Waals surface area (Å²) >= 11 is 6.15. The second kappa shape index (κ2) is 39.6. The van der Waals surface area contributed by atoms with Crippen LogP contribution in [0.3, 0.4) is 0 Å². The van der Waals surface area contributed by atoms with Crippen LogP contribution in [0.2, 0.25) is 36.3 Å². The third kappa shape index (κ3) is 32.6. The number of aliphatic hydroxyl groups is 2. The Hall–Kier alpha value is -2.20. The molecule has 1 aliphatic heterocycles. The van der Waals surface area contributed by atoms with E-state index in [4.69, 9.17) is 44.3 Å². The number of rotatable bonds is 12. The van der Waals surface area contributed by atoms with Crippen LogP contribution in [0.15, 0.2) is 11.7 Å². The molecule has 4 unspecified atom stereocenters. The zero-order valence-corrected chi connectivity index (χ0v) is 56.3. The summed E-state index contributed by atoms with van der Waals surface area (Å²) < 4.78 is 121. The van der Waals surface area contributed by atoms with Crippen LogP contribution >= 0.6 is 11.1 Å². The molecule has 28 heteroatoms. The number of ketones is 1. The fraction of sp³-hybridized carbons (Fsp3) is 0.891. The molecule has 83 heavy (non-hydrogen) atoms. The summed E-state index contributed by atoms with van der Waals surface area (Å²) in [4.78, 5) is 43.5. The predicted molar refractivity (Wildman–Crippen MR) is 309 cm³/mol. The van der Waals surface area contributed by atoms with Crippen LogP contribution in [0.5, 0.6) is 0 Å². The Morgan fingerprint density at radius 3 is 1.23 bits per heavy atom. The smallest absolute Gasteiger partial charge is 0.870 e. The van der Waals surface area contributed by atoms with E-state index in [1.165, 1.54) is 55.1 Å². The number of esters is 2. The summed E-state index contributed by atoms with van der Waals surface area (Å²) in [6, 6.07) is 0. The van der Waals surface area contributed by atoms with Crippen molar-refractivity contribution in [3.63, 3.8) is 0 Å². The molecule has 0 bridgehead atoms. The molecule has 4 fully saturated rings. The molecule has 4 atom stereocenters. The van der Waals surface area contributed by atoms with Crippen LogP contribution in [0.1, 0.15) is 173 Å². The Morgan fingerprint density at radius 1 is 0.663 bits per heavy atom. The second-order valence-electron chi connectivity index (χ2n) is 23.5. The van der Waals surface area contributed by atoms with Crippen molar-refractivity contribution in [2.45, 2.75) is 262 Å². The molecule has 0 amide bonds. The fourth-order valence-corrected chi connectivity index (χ4v) is 7.76. The van der Waals surface area contributed by atoms with Gasteiger partial charge in [0.1, 0.15) is 17.0 Å². The Morgan fingerprint density at radius 2 is 1.02 bits per heavy atom. The van der Waals surface area contributed by atoms with Crippen LogP contribution in [0.25, 0.3) is 0 Å². The quantitative estimate of drug-likeness (QED) is 0.0539. The molecule has 18 nitrogen and oxygen atoms in total. The molecule has 4 rings (SSSR count). The first-order chi connectivity index (χ1) is 35.5. The predicted octanol–water partition coefficient (Wildman–Crippen LogP) is 9.42. The molecule has 0 aromatic heterocycles. The summed E-state index contributed by atoms with van der Waals surface area (Å²) in [7, 11) is 6.36. The molecular formula is C55H108ClF6LiO18Si2. The number of allylic oxidation sites excluding steroid dienone is 1. The number of carboxylic acids is 1. The van der Waals surface area contributed by atoms with Gasteiger partial charge in [0.2, 0.25) is 17.8 Å². The Bertz CT molecular complexity index is 1840. The molecular weight excluding hydrogens is 1160 g/mol. The maximum atomic E-state index is 13.1. The van der Waals surface area contributed by atoms with Crippen LogP contribution in [0.4, 0.5) is 26.3 Å². The van der Waals surface area contributed by atoms with E-state index in [1.807, 2.05) is 6.92 Å². The van der Waals surface area contributed by atoms with Gasteiger partial charge in [-0.15, -0.1) is 0 Å². The first kappa shape index (κ1) is 94.5. The van der Waals surface area contributed by atoms with E-state index in [2.05, 4.69) is 88.9 Å². The first-order valence-corrected chi connectivity index (χ1v) is 33.3. The largest absolute Gasteiger partial charge is 1.00 e. The molecule has 0 spiro atoms. The number of halogens is 7. The van der Waals surface area contributed by atoms with Gasteiger partial charge in [0, 0.05) is 86.2 Å². The summed E-state index contributed by atoms with van der Waals surface area (Å²) in [5.41, 5.74) is -6.81. The number of Topliss-reactive ketones (excluding diaryl/α,β-unsaturated/α-hetero) is 1. The van der Waals surface area contributed by atoms with Gasteiger partial charge in [0.05, 0.1) is 34.5 Å². The number of hydrogen-bond donors (Lipinski definition) is 3. The fourth-order valence-electron chi connectivity index (χ4n) is 6.77. The molecule has 0 radical (unpaired) electrons. The van der Waals surface area contributed by atoms with E-state index in [9.17, 15) is 55.7 Å². The SMILES string of the molecule is C.CC(C)(C)[Si](C)(C)Cl.CC1CCCO1.COC(=O)C(C)(OC)C1(O)CCC(F)(F)CC1.COC(=O)C(C)OC.COC(C)(C(=O)O)C1(O)CCC(F)(F)CC1.COC(C)=C(OC)O[Si](C)(C)C(C)(C)C.O.O=C1CCC(F)(F)CC1.[Li+].[OH-]. The molecule has 1 heterocycles. The van der Waals surface area contributed by atoms with E-state index in [0.717, 1.165) is 13.7 Å². The maximum absolute atomic E-state index is 13.1. The molecule has 4 aliphatic rings. The maximum Gasteiger partial charge on any atom is 1.00 e. The number of alkyl halides is 6. The zero-order valence-electron chi connectivity index (χ0n) is 53.5. The minimum atomic E-state index is -2.82. The number of carbonyl (C=O) groups excluding carboxylic acids is 3. The average Bonchev–Trinajstić information content (AvgIpc) is 3.85. The first-order valence-electron chi connectivity index (χ1n) is 26.4. The van der Waals surface area contributed by atoms with Crippen molar-refractivity contribution in [1.29, 1.82) is 0 Å². The van der Waals surface area contributed by atoms with Gasteiger partial charge in [0.25, 0.3) is 8.32 Å². The van der Waals surface area contributed by atoms with Crippen LogP contribution in [-0.2, 0) is 61.5 Å². The topological polar surface area (TPSA) is 274 Å². The average molecular weight is 1270 g/mol. The van der Waals surface area contributed by atoms with Gasteiger partial charge in [-0.05, 0) is 89.4 Å². The van der Waals surface area contributed by atoms with Crippen molar-refractivity contribution < 1.29 is 133 Å². The Kier molecular flexibility index (Phi) is 45.1. The van der Waals surface area contributed by atoms with E-state index < -0.39 is 99.6 Å².